The summed E-state index contributed by atoms with van der Waals surface area (Å²) in [6, 6.07) is 8.72. The topological polar surface area (TPSA) is 97.3 Å². The van der Waals surface area contributed by atoms with Gasteiger partial charge in [0.05, 0.1) is 0 Å². The number of benzene rings is 1. The molecule has 0 spiro atoms. The highest BCUT2D eigenvalue weighted by Gasteiger charge is 2.30. The van der Waals surface area contributed by atoms with E-state index in [1.165, 1.54) is 12.1 Å². The van der Waals surface area contributed by atoms with Crippen LogP contribution in [0.15, 0.2) is 47.3 Å². The van der Waals surface area contributed by atoms with Crippen molar-refractivity contribution in [1.29, 1.82) is 0 Å². The van der Waals surface area contributed by atoms with Crippen LogP contribution in [0.4, 0.5) is 23.2 Å². The zero-order valence-corrected chi connectivity index (χ0v) is 12.0. The van der Waals surface area contributed by atoms with Gasteiger partial charge in [0, 0.05) is 11.8 Å². The zero-order valence-electron chi connectivity index (χ0n) is 12.0. The Morgan fingerprint density at radius 2 is 1.75 bits per heavy atom. The van der Waals surface area contributed by atoms with Crippen LogP contribution < -0.4 is 16.8 Å². The van der Waals surface area contributed by atoms with Crippen molar-refractivity contribution < 1.29 is 27.5 Å². The third-order valence-corrected chi connectivity index (χ3v) is 2.62. The molecule has 0 fully saturated rings. The number of alkyl halides is 3. The van der Waals surface area contributed by atoms with Crippen LogP contribution >= 0.6 is 0 Å². The molecule has 0 saturated heterocycles. The van der Waals surface area contributed by atoms with Gasteiger partial charge < -0.3 is 10.5 Å². The number of halogens is 4. The molecule has 6 nitrogen and oxygen atoms in total. The van der Waals surface area contributed by atoms with Crippen LogP contribution in [-0.4, -0.2) is 21.8 Å². The molecule has 10 heteroatoms. The molecule has 0 aliphatic rings. The maximum atomic E-state index is 12.2. The highest BCUT2D eigenvalue weighted by molar-refractivity contribution is 5.85. The monoisotopic (exact) mass is 347 g/mol. The number of carbonyl (C=O) groups is 1. The zero-order chi connectivity index (χ0) is 18.3. The van der Waals surface area contributed by atoms with E-state index < -0.39 is 29.9 Å². The maximum absolute atomic E-state index is 12.2. The minimum Gasteiger partial charge on any atom is -0.477 e. The fourth-order valence-corrected chi connectivity index (χ4v) is 1.60. The SMILES string of the molecule is NNc1ccc(F)cc1.O=C(O)c1cccc(=O)n1CC(F)(F)F. The van der Waals surface area contributed by atoms with Gasteiger partial charge >= 0.3 is 12.1 Å². The molecule has 0 aliphatic carbocycles. The number of rotatable bonds is 3. The summed E-state index contributed by atoms with van der Waals surface area (Å²) in [6.45, 7) is -1.60. The molecule has 0 aliphatic heterocycles. The molecule has 0 saturated carbocycles. The molecule has 1 aromatic heterocycles. The number of hydrogen-bond acceptors (Lipinski definition) is 4. The van der Waals surface area contributed by atoms with E-state index >= 15 is 0 Å². The fraction of sp³-hybridized carbons (Fsp3) is 0.143. The molecule has 130 valence electrons. The Labute approximate surface area is 133 Å². The number of nitrogens with two attached hydrogens (primary N) is 1. The minimum absolute atomic E-state index is 0.169. The van der Waals surface area contributed by atoms with Crippen molar-refractivity contribution in [3.63, 3.8) is 0 Å². The average Bonchev–Trinajstić information content (AvgIpc) is 2.49. The smallest absolute Gasteiger partial charge is 0.406 e. The molecule has 0 radical (unpaired) electrons. The van der Waals surface area contributed by atoms with Crippen molar-refractivity contribution in [2.75, 3.05) is 5.43 Å². The van der Waals surface area contributed by atoms with Gasteiger partial charge in [0.25, 0.3) is 5.56 Å². The summed E-state index contributed by atoms with van der Waals surface area (Å²) in [7, 11) is 0. The van der Waals surface area contributed by atoms with Crippen LogP contribution in [0.5, 0.6) is 0 Å². The molecule has 2 rings (SSSR count). The predicted octanol–water partition coefficient (Wildman–Crippen LogP) is 2.22. The van der Waals surface area contributed by atoms with E-state index in [9.17, 15) is 27.2 Å². The van der Waals surface area contributed by atoms with Gasteiger partial charge in [-0.3, -0.25) is 15.2 Å². The lowest BCUT2D eigenvalue weighted by molar-refractivity contribution is -0.141. The summed E-state index contributed by atoms with van der Waals surface area (Å²) in [5, 5.41) is 8.56. The van der Waals surface area contributed by atoms with Crippen molar-refractivity contribution in [2.24, 2.45) is 5.84 Å². The van der Waals surface area contributed by atoms with E-state index in [-0.39, 0.29) is 10.4 Å². The standard InChI is InChI=1S/C8H6F3NO3.C6H7FN2/c9-8(10,11)4-12-5(7(14)15)2-1-3-6(12)13;7-5-1-3-6(9-8)4-2-5/h1-3H,4H2,(H,14,15);1-4,9H,8H2. The Bertz CT molecular complexity index is 742. The van der Waals surface area contributed by atoms with Crippen LogP contribution in [0.2, 0.25) is 0 Å². The number of hydrazine groups is 1. The second kappa shape index (κ2) is 8.11. The first-order chi connectivity index (χ1) is 11.1. The summed E-state index contributed by atoms with van der Waals surface area (Å²) in [5.74, 6) is 3.20. The molecule has 0 atom stereocenters. The van der Waals surface area contributed by atoms with Gasteiger partial charge in [-0.1, -0.05) is 6.07 Å². The number of pyridine rings is 1. The molecule has 1 aromatic carbocycles. The van der Waals surface area contributed by atoms with E-state index in [0.29, 0.717) is 5.69 Å². The van der Waals surface area contributed by atoms with Crippen LogP contribution in [0, 0.1) is 5.82 Å². The number of carboxylic acid groups (broad SMARTS) is 1. The van der Waals surface area contributed by atoms with E-state index in [0.717, 1.165) is 18.2 Å². The Kier molecular flexibility index (Phi) is 6.48. The van der Waals surface area contributed by atoms with Crippen molar-refractivity contribution in [3.05, 3.63) is 64.3 Å². The number of aromatic nitrogens is 1. The second-order valence-electron chi connectivity index (χ2n) is 4.41. The molecule has 0 amide bonds. The first kappa shape index (κ1) is 19.2. The van der Waals surface area contributed by atoms with Gasteiger partial charge in [-0.05, 0) is 30.3 Å². The molecular formula is C14H13F4N3O3. The Morgan fingerprint density at radius 3 is 2.21 bits per heavy atom. The van der Waals surface area contributed by atoms with Crippen molar-refractivity contribution >= 4 is 11.7 Å². The van der Waals surface area contributed by atoms with E-state index in [1.807, 2.05) is 0 Å². The third-order valence-electron chi connectivity index (χ3n) is 2.62. The fourth-order valence-electron chi connectivity index (χ4n) is 1.60. The van der Waals surface area contributed by atoms with Crippen LogP contribution in [0.1, 0.15) is 10.5 Å². The lowest BCUT2D eigenvalue weighted by Gasteiger charge is -2.11. The summed E-state index contributed by atoms with van der Waals surface area (Å²) >= 11 is 0. The summed E-state index contributed by atoms with van der Waals surface area (Å²) in [4.78, 5) is 21.6. The van der Waals surface area contributed by atoms with Gasteiger partial charge in [-0.15, -0.1) is 0 Å². The van der Waals surface area contributed by atoms with E-state index in [4.69, 9.17) is 10.9 Å². The molecule has 24 heavy (non-hydrogen) atoms. The molecule has 2 aromatic rings. The Morgan fingerprint density at radius 1 is 1.17 bits per heavy atom. The lowest BCUT2D eigenvalue weighted by atomic mass is 10.3. The van der Waals surface area contributed by atoms with Crippen molar-refractivity contribution in [2.45, 2.75) is 12.7 Å². The first-order valence-corrected chi connectivity index (χ1v) is 6.36. The number of nitrogens with one attached hydrogen (secondary N) is 1. The maximum Gasteiger partial charge on any atom is 0.406 e. The Balaban J connectivity index is 0.000000272. The van der Waals surface area contributed by atoms with Crippen LogP contribution in [0.3, 0.4) is 0 Å². The second-order valence-corrected chi connectivity index (χ2v) is 4.41. The van der Waals surface area contributed by atoms with Crippen molar-refractivity contribution in [1.82, 2.24) is 4.57 Å². The van der Waals surface area contributed by atoms with Gasteiger partial charge in [-0.25, -0.2) is 9.18 Å². The summed E-state index contributed by atoms with van der Waals surface area (Å²) < 4.78 is 48.4. The number of anilines is 1. The number of aromatic carboxylic acids is 1. The normalized spacial score (nSPS) is 10.5. The lowest BCUT2D eigenvalue weighted by Crippen LogP contribution is -2.31. The van der Waals surface area contributed by atoms with Crippen LogP contribution in [0.25, 0.3) is 0 Å². The number of carboxylic acids is 1. The first-order valence-electron chi connectivity index (χ1n) is 6.36. The molecular weight excluding hydrogens is 334 g/mol. The molecule has 1 heterocycles. The molecule has 0 bridgehead atoms. The molecule has 4 N–H and O–H groups in total. The van der Waals surface area contributed by atoms with Gasteiger partial charge in [-0.2, -0.15) is 13.2 Å². The number of nitrogen functional groups attached to an aromatic ring is 1. The Hall–Kier alpha value is -2.88. The van der Waals surface area contributed by atoms with Crippen LogP contribution in [-0.2, 0) is 6.54 Å². The third kappa shape index (κ3) is 6.08. The quantitative estimate of drug-likeness (QED) is 0.449. The van der Waals surface area contributed by atoms with Crippen molar-refractivity contribution in [3.8, 4) is 0 Å². The number of hydrogen-bond donors (Lipinski definition) is 3. The molecule has 0 unspecified atom stereocenters. The number of nitrogens with zero attached hydrogens (tertiary/aromatic N) is 1. The highest BCUT2D eigenvalue weighted by Crippen LogP contribution is 2.17. The predicted molar refractivity (Wildman–Crippen MR) is 77.9 cm³/mol. The van der Waals surface area contributed by atoms with Gasteiger partial charge in [0.2, 0.25) is 0 Å². The highest BCUT2D eigenvalue weighted by atomic mass is 19.4. The largest absolute Gasteiger partial charge is 0.477 e. The summed E-state index contributed by atoms with van der Waals surface area (Å²) in [5.41, 5.74) is 1.42. The van der Waals surface area contributed by atoms with E-state index in [2.05, 4.69) is 5.43 Å². The minimum atomic E-state index is -4.63. The van der Waals surface area contributed by atoms with Gasteiger partial charge in [0.15, 0.2) is 0 Å². The summed E-state index contributed by atoms with van der Waals surface area (Å²) in [6.07, 6.45) is -4.63. The average molecular weight is 347 g/mol. The van der Waals surface area contributed by atoms with Gasteiger partial charge in [0.1, 0.15) is 18.1 Å². The van der Waals surface area contributed by atoms with E-state index in [1.54, 1.807) is 12.1 Å².